The van der Waals surface area contributed by atoms with Crippen LogP contribution in [0.1, 0.15) is 65.2 Å². The van der Waals surface area contributed by atoms with Crippen LogP contribution in [0.5, 0.6) is 0 Å². The van der Waals surface area contributed by atoms with Crippen LogP contribution in [-0.2, 0) is 12.8 Å². The van der Waals surface area contributed by atoms with Crippen molar-refractivity contribution in [3.8, 4) is 0 Å². The smallest absolute Gasteiger partial charge is 0.266 e. The third kappa shape index (κ3) is 3.52. The minimum atomic E-state index is -0.558. The van der Waals surface area contributed by atoms with Gasteiger partial charge >= 0.3 is 0 Å². The van der Waals surface area contributed by atoms with Gasteiger partial charge in [0.15, 0.2) is 0 Å². The zero-order valence-corrected chi connectivity index (χ0v) is 18.7. The van der Waals surface area contributed by atoms with Gasteiger partial charge in [-0.2, -0.15) is 0 Å². The number of nitrogens with two attached hydrogens (primary N) is 1. The highest BCUT2D eigenvalue weighted by Gasteiger charge is 2.36. The van der Waals surface area contributed by atoms with Gasteiger partial charge in [-0.05, 0) is 61.1 Å². The minimum absolute atomic E-state index is 0.263. The highest BCUT2D eigenvalue weighted by Crippen LogP contribution is 2.39. The van der Waals surface area contributed by atoms with Gasteiger partial charge in [0.05, 0.1) is 22.4 Å². The highest BCUT2D eigenvalue weighted by molar-refractivity contribution is 7.17. The van der Waals surface area contributed by atoms with Crippen LogP contribution in [0, 0.1) is 5.92 Å². The number of thiophene rings is 1. The fourth-order valence-corrected chi connectivity index (χ4v) is 5.90. The van der Waals surface area contributed by atoms with Gasteiger partial charge in [0.1, 0.15) is 5.00 Å². The van der Waals surface area contributed by atoms with Crippen LogP contribution in [-0.4, -0.2) is 23.6 Å². The summed E-state index contributed by atoms with van der Waals surface area (Å²) in [4.78, 5) is 53.0. The summed E-state index contributed by atoms with van der Waals surface area (Å²) in [7, 11) is 0. The molecule has 3 N–H and O–H groups in total. The number of fused-ring (bicyclic) bond motifs is 2. The summed E-state index contributed by atoms with van der Waals surface area (Å²) in [6.45, 7) is 2.16. The van der Waals surface area contributed by atoms with Gasteiger partial charge in [-0.25, -0.2) is 4.90 Å². The Morgan fingerprint density at radius 2 is 1.76 bits per heavy atom. The second kappa shape index (κ2) is 7.97. The molecular weight excluding hydrogens is 438 g/mol. The maximum Gasteiger partial charge on any atom is 0.266 e. The number of carbonyl (C=O) groups excluding carboxylic acids is 4. The number of amides is 4. The number of imide groups is 1. The lowest BCUT2D eigenvalue weighted by atomic mass is 9.88. The van der Waals surface area contributed by atoms with Crippen LogP contribution in [0.15, 0.2) is 48.5 Å². The Labute approximate surface area is 194 Å². The molecule has 0 bridgehead atoms. The molecule has 7 nitrogen and oxygen atoms in total. The number of benzene rings is 2. The van der Waals surface area contributed by atoms with E-state index in [1.165, 1.54) is 17.4 Å². The number of carbonyl (C=O) groups is 4. The first kappa shape index (κ1) is 21.1. The third-order valence-corrected chi connectivity index (χ3v) is 7.32. The fraction of sp³-hybridized carbons (Fsp3) is 0.200. The minimum Gasteiger partial charge on any atom is -0.365 e. The molecule has 1 aromatic heterocycles. The number of hydrogen-bond donors (Lipinski definition) is 2. The average Bonchev–Trinajstić information content (AvgIpc) is 3.28. The predicted octanol–water partition coefficient (Wildman–Crippen LogP) is 4.02. The molecule has 0 spiro atoms. The summed E-state index contributed by atoms with van der Waals surface area (Å²) in [6, 6.07) is 12.9. The second-order valence-electron chi connectivity index (χ2n) is 8.42. The third-order valence-electron chi connectivity index (χ3n) is 6.15. The molecule has 1 aliphatic carbocycles. The van der Waals surface area contributed by atoms with Gasteiger partial charge in [-0.3, -0.25) is 19.2 Å². The molecule has 8 heteroatoms. The topological polar surface area (TPSA) is 110 Å². The number of nitrogens with zero attached hydrogens (tertiary/aromatic N) is 1. The Morgan fingerprint density at radius 1 is 1.06 bits per heavy atom. The van der Waals surface area contributed by atoms with Gasteiger partial charge in [0.25, 0.3) is 23.6 Å². The summed E-state index contributed by atoms with van der Waals surface area (Å²) in [5.41, 5.74) is 8.20. The zero-order chi connectivity index (χ0) is 23.3. The van der Waals surface area contributed by atoms with Crippen molar-refractivity contribution >= 4 is 45.7 Å². The highest BCUT2D eigenvalue weighted by atomic mass is 32.1. The van der Waals surface area contributed by atoms with Gasteiger partial charge in [0.2, 0.25) is 0 Å². The van der Waals surface area contributed by atoms with E-state index in [0.29, 0.717) is 33.3 Å². The van der Waals surface area contributed by atoms with Crippen LogP contribution in [0.25, 0.3) is 0 Å². The van der Waals surface area contributed by atoms with Crippen LogP contribution in [0.2, 0.25) is 0 Å². The van der Waals surface area contributed by atoms with Crippen molar-refractivity contribution in [3.63, 3.8) is 0 Å². The average molecular weight is 460 g/mol. The van der Waals surface area contributed by atoms with Crippen LogP contribution < -0.4 is 16.0 Å². The van der Waals surface area contributed by atoms with E-state index in [9.17, 15) is 19.2 Å². The maximum absolute atomic E-state index is 13.1. The van der Waals surface area contributed by atoms with E-state index < -0.39 is 23.6 Å². The number of anilines is 2. The molecule has 33 heavy (non-hydrogen) atoms. The Hall–Kier alpha value is -3.78. The predicted molar refractivity (Wildman–Crippen MR) is 126 cm³/mol. The SMILES string of the molecule is CC1CCc2c(sc(NC(=O)c3cccc(N4C(=O)c5ccccc5C4=O)c3)c2C(N)=O)C1. The van der Waals surface area contributed by atoms with Crippen molar-refractivity contribution in [1.29, 1.82) is 0 Å². The molecule has 1 atom stereocenters. The van der Waals surface area contributed by atoms with Crippen LogP contribution in [0.4, 0.5) is 10.7 Å². The van der Waals surface area contributed by atoms with E-state index in [2.05, 4.69) is 12.2 Å². The molecule has 1 aliphatic heterocycles. The second-order valence-corrected chi connectivity index (χ2v) is 9.52. The van der Waals surface area contributed by atoms with Crippen molar-refractivity contribution in [2.45, 2.75) is 26.2 Å². The molecule has 2 heterocycles. The molecule has 1 unspecified atom stereocenters. The summed E-state index contributed by atoms with van der Waals surface area (Å²) < 4.78 is 0. The molecule has 2 aromatic carbocycles. The molecule has 0 saturated heterocycles. The van der Waals surface area contributed by atoms with Gasteiger partial charge < -0.3 is 11.1 Å². The Bertz CT molecular complexity index is 1310. The molecule has 2 aliphatic rings. The lowest BCUT2D eigenvalue weighted by molar-refractivity contribution is 0.0922. The summed E-state index contributed by atoms with van der Waals surface area (Å²) in [5, 5.41) is 3.27. The summed E-state index contributed by atoms with van der Waals surface area (Å²) in [5.74, 6) is -1.34. The van der Waals surface area contributed by atoms with Gasteiger partial charge in [-0.15, -0.1) is 11.3 Å². The van der Waals surface area contributed by atoms with Crippen LogP contribution in [0.3, 0.4) is 0 Å². The first-order valence-electron chi connectivity index (χ1n) is 10.7. The van der Waals surface area contributed by atoms with Crippen molar-refractivity contribution in [1.82, 2.24) is 0 Å². The van der Waals surface area contributed by atoms with Crippen LogP contribution >= 0.6 is 11.3 Å². The number of primary amides is 1. The molecular formula is C25H21N3O4S. The molecule has 0 radical (unpaired) electrons. The van der Waals surface area contributed by atoms with E-state index in [1.54, 1.807) is 42.5 Å². The van der Waals surface area contributed by atoms with Gasteiger partial charge in [-0.1, -0.05) is 25.1 Å². The fourth-order valence-electron chi connectivity index (χ4n) is 4.48. The quantitative estimate of drug-likeness (QED) is 0.574. The summed E-state index contributed by atoms with van der Waals surface area (Å²) in [6.07, 6.45) is 2.58. The Kier molecular flexibility index (Phi) is 5.09. The normalized spacial score (nSPS) is 17.0. The molecule has 3 aromatic rings. The lowest BCUT2D eigenvalue weighted by Crippen LogP contribution is -2.29. The van der Waals surface area contributed by atoms with E-state index in [0.717, 1.165) is 34.6 Å². The standard InChI is InChI=1S/C25H21N3O4S/c1-13-9-10-18-19(11-13)33-23(20(18)21(26)29)27-22(30)14-5-4-6-15(12-14)28-24(31)16-7-2-3-8-17(16)25(28)32/h2-8,12-13H,9-11H2,1H3,(H2,26,29)(H,27,30). The monoisotopic (exact) mass is 459 g/mol. The van der Waals surface area contributed by atoms with Crippen molar-refractivity contribution in [2.24, 2.45) is 11.7 Å². The van der Waals surface area contributed by atoms with Crippen molar-refractivity contribution < 1.29 is 19.2 Å². The molecule has 0 fully saturated rings. The summed E-state index contributed by atoms with van der Waals surface area (Å²) >= 11 is 1.39. The molecule has 5 rings (SSSR count). The first-order valence-corrected chi connectivity index (χ1v) is 11.5. The van der Waals surface area contributed by atoms with Crippen molar-refractivity contribution in [2.75, 3.05) is 10.2 Å². The number of nitrogens with one attached hydrogen (secondary N) is 1. The van der Waals surface area contributed by atoms with E-state index in [4.69, 9.17) is 5.73 Å². The Morgan fingerprint density at radius 3 is 2.42 bits per heavy atom. The molecule has 4 amide bonds. The maximum atomic E-state index is 13.1. The number of rotatable bonds is 4. The van der Waals surface area contributed by atoms with E-state index in [1.807, 2.05) is 0 Å². The van der Waals surface area contributed by atoms with Gasteiger partial charge in [0, 0.05) is 10.4 Å². The molecule has 0 saturated carbocycles. The first-order chi connectivity index (χ1) is 15.8. The Balaban J connectivity index is 1.44. The number of hydrogen-bond acceptors (Lipinski definition) is 5. The van der Waals surface area contributed by atoms with E-state index >= 15 is 0 Å². The largest absolute Gasteiger partial charge is 0.365 e. The van der Waals surface area contributed by atoms with E-state index in [-0.39, 0.29) is 5.56 Å². The van der Waals surface area contributed by atoms with Crippen molar-refractivity contribution in [3.05, 3.63) is 81.2 Å². The lowest BCUT2D eigenvalue weighted by Gasteiger charge is -2.18. The zero-order valence-electron chi connectivity index (χ0n) is 17.9. The molecule has 166 valence electrons.